The van der Waals surface area contributed by atoms with Crippen LogP contribution in [0, 0.1) is 12.7 Å². The van der Waals surface area contributed by atoms with Crippen LogP contribution in [-0.2, 0) is 17.9 Å². The molecule has 0 aliphatic rings. The Labute approximate surface area is 202 Å². The van der Waals surface area contributed by atoms with E-state index in [2.05, 4.69) is 10.6 Å². The van der Waals surface area contributed by atoms with Crippen LogP contribution >= 0.6 is 0 Å². The molecule has 0 spiro atoms. The van der Waals surface area contributed by atoms with Gasteiger partial charge in [0.1, 0.15) is 12.4 Å². The summed E-state index contributed by atoms with van der Waals surface area (Å²) in [5.41, 5.74) is 2.91. The van der Waals surface area contributed by atoms with Gasteiger partial charge in [-0.2, -0.15) is 0 Å². The summed E-state index contributed by atoms with van der Waals surface area (Å²) < 4.78 is 25.6. The van der Waals surface area contributed by atoms with Gasteiger partial charge in [-0.1, -0.05) is 18.2 Å². The molecule has 1 amide bonds. The molecule has 4 aromatic rings. The van der Waals surface area contributed by atoms with E-state index < -0.39 is 11.7 Å². The normalized spacial score (nSPS) is 10.7. The monoisotopic (exact) mass is 475 g/mol. The zero-order chi connectivity index (χ0) is 24.9. The van der Waals surface area contributed by atoms with Crippen molar-refractivity contribution in [2.24, 2.45) is 0 Å². The van der Waals surface area contributed by atoms with E-state index in [-0.39, 0.29) is 18.6 Å². The van der Waals surface area contributed by atoms with Crippen molar-refractivity contribution in [3.05, 3.63) is 94.0 Å². The average molecular weight is 476 g/mol. The van der Waals surface area contributed by atoms with Crippen LogP contribution in [0.1, 0.15) is 11.1 Å². The van der Waals surface area contributed by atoms with Crippen molar-refractivity contribution < 1.29 is 18.7 Å². The SMILES string of the molecule is COc1ccc(NCc2cc3ccc(C)cc3n(CC(=O)Nc3cccc(F)c3)c2=O)cc1OC. The Morgan fingerprint density at radius 2 is 1.74 bits per heavy atom. The molecule has 0 bridgehead atoms. The number of aromatic nitrogens is 1. The number of pyridine rings is 1. The van der Waals surface area contributed by atoms with Gasteiger partial charge < -0.3 is 20.1 Å². The summed E-state index contributed by atoms with van der Waals surface area (Å²) in [4.78, 5) is 26.2. The maximum absolute atomic E-state index is 13.5. The number of halogens is 1. The zero-order valence-electron chi connectivity index (χ0n) is 19.7. The molecule has 180 valence electrons. The first kappa shape index (κ1) is 23.8. The Morgan fingerprint density at radius 3 is 2.49 bits per heavy atom. The smallest absolute Gasteiger partial charge is 0.256 e. The van der Waals surface area contributed by atoms with Crippen LogP contribution in [0.4, 0.5) is 15.8 Å². The van der Waals surface area contributed by atoms with Crippen LogP contribution in [0.5, 0.6) is 11.5 Å². The van der Waals surface area contributed by atoms with Crippen molar-refractivity contribution in [1.82, 2.24) is 4.57 Å². The highest BCUT2D eigenvalue weighted by molar-refractivity contribution is 5.92. The summed E-state index contributed by atoms with van der Waals surface area (Å²) in [5, 5.41) is 6.73. The Hall–Kier alpha value is -4.33. The van der Waals surface area contributed by atoms with Gasteiger partial charge in [0.05, 0.1) is 19.7 Å². The molecule has 0 saturated heterocycles. The van der Waals surface area contributed by atoms with Gasteiger partial charge in [0.2, 0.25) is 5.91 Å². The summed E-state index contributed by atoms with van der Waals surface area (Å²) in [5.74, 6) is 0.290. The summed E-state index contributed by atoms with van der Waals surface area (Å²) in [6.07, 6.45) is 0. The molecule has 0 aliphatic carbocycles. The van der Waals surface area contributed by atoms with Crippen LogP contribution in [0.3, 0.4) is 0 Å². The van der Waals surface area contributed by atoms with Gasteiger partial charge in [-0.25, -0.2) is 4.39 Å². The topological polar surface area (TPSA) is 81.6 Å². The number of ether oxygens (including phenoxy) is 2. The molecule has 0 fully saturated rings. The molecule has 4 rings (SSSR count). The summed E-state index contributed by atoms with van der Waals surface area (Å²) in [6.45, 7) is 1.96. The number of aryl methyl sites for hydroxylation is 1. The van der Waals surface area contributed by atoms with Crippen molar-refractivity contribution in [3.8, 4) is 11.5 Å². The first-order valence-corrected chi connectivity index (χ1v) is 11.0. The number of benzene rings is 3. The lowest BCUT2D eigenvalue weighted by Crippen LogP contribution is -2.30. The number of nitrogens with one attached hydrogen (secondary N) is 2. The highest BCUT2D eigenvalue weighted by Crippen LogP contribution is 2.30. The van der Waals surface area contributed by atoms with Gasteiger partial charge in [-0.3, -0.25) is 14.2 Å². The van der Waals surface area contributed by atoms with Gasteiger partial charge >= 0.3 is 0 Å². The van der Waals surface area contributed by atoms with Crippen LogP contribution in [0.15, 0.2) is 71.5 Å². The van der Waals surface area contributed by atoms with Crippen molar-refractivity contribution >= 4 is 28.2 Å². The molecule has 8 heteroatoms. The number of amides is 1. The lowest BCUT2D eigenvalue weighted by atomic mass is 10.1. The third-order valence-corrected chi connectivity index (χ3v) is 5.60. The number of nitrogens with zero attached hydrogens (tertiary/aromatic N) is 1. The second-order valence-corrected chi connectivity index (χ2v) is 8.10. The summed E-state index contributed by atoms with van der Waals surface area (Å²) in [6, 6.07) is 18.6. The van der Waals surface area contributed by atoms with Gasteiger partial charge in [0.15, 0.2) is 11.5 Å². The highest BCUT2D eigenvalue weighted by Gasteiger charge is 2.14. The average Bonchev–Trinajstić information content (AvgIpc) is 2.84. The maximum Gasteiger partial charge on any atom is 0.256 e. The van der Waals surface area contributed by atoms with Gasteiger partial charge in [-0.15, -0.1) is 0 Å². The Kier molecular flexibility index (Phi) is 7.01. The molecule has 2 N–H and O–H groups in total. The first-order valence-electron chi connectivity index (χ1n) is 11.0. The minimum atomic E-state index is -0.454. The fraction of sp³-hybridized carbons (Fsp3) is 0.185. The van der Waals surface area contributed by atoms with Crippen molar-refractivity contribution in [2.45, 2.75) is 20.0 Å². The molecule has 7 nitrogen and oxygen atoms in total. The summed E-state index contributed by atoms with van der Waals surface area (Å²) in [7, 11) is 3.12. The summed E-state index contributed by atoms with van der Waals surface area (Å²) >= 11 is 0. The van der Waals surface area contributed by atoms with Crippen LogP contribution in [0.25, 0.3) is 10.9 Å². The van der Waals surface area contributed by atoms with Crippen LogP contribution < -0.4 is 25.7 Å². The van der Waals surface area contributed by atoms with E-state index in [1.54, 1.807) is 32.4 Å². The predicted molar refractivity (Wildman–Crippen MR) is 135 cm³/mol. The van der Waals surface area contributed by atoms with E-state index in [1.807, 2.05) is 37.3 Å². The van der Waals surface area contributed by atoms with Crippen molar-refractivity contribution in [2.75, 3.05) is 24.9 Å². The molecule has 0 radical (unpaired) electrons. The van der Waals surface area contributed by atoms with Gasteiger partial charge in [-0.05, 0) is 60.3 Å². The largest absolute Gasteiger partial charge is 0.493 e. The number of anilines is 2. The molecule has 0 aliphatic heterocycles. The Morgan fingerprint density at radius 1 is 0.943 bits per heavy atom. The number of carbonyl (C=O) groups is 1. The van der Waals surface area contributed by atoms with Crippen molar-refractivity contribution in [3.63, 3.8) is 0 Å². The fourth-order valence-electron chi connectivity index (χ4n) is 3.88. The fourth-order valence-corrected chi connectivity index (χ4v) is 3.88. The quantitative estimate of drug-likeness (QED) is 0.386. The number of methoxy groups -OCH3 is 2. The molecule has 0 atom stereocenters. The third-order valence-electron chi connectivity index (χ3n) is 5.60. The van der Waals surface area contributed by atoms with E-state index in [0.717, 1.165) is 16.6 Å². The molecule has 1 heterocycles. The van der Waals surface area contributed by atoms with Crippen LogP contribution in [-0.4, -0.2) is 24.7 Å². The van der Waals surface area contributed by atoms with E-state index in [1.165, 1.54) is 22.8 Å². The number of carbonyl (C=O) groups excluding carboxylic acids is 1. The lowest BCUT2D eigenvalue weighted by molar-refractivity contribution is -0.116. The number of hydrogen-bond donors (Lipinski definition) is 2. The van der Waals surface area contributed by atoms with E-state index in [4.69, 9.17) is 9.47 Å². The van der Waals surface area contributed by atoms with Crippen LogP contribution in [0.2, 0.25) is 0 Å². The molecular weight excluding hydrogens is 449 g/mol. The van der Waals surface area contributed by atoms with E-state index >= 15 is 0 Å². The first-order chi connectivity index (χ1) is 16.9. The van der Waals surface area contributed by atoms with E-state index in [0.29, 0.717) is 28.3 Å². The maximum atomic E-state index is 13.5. The van der Waals surface area contributed by atoms with E-state index in [9.17, 15) is 14.0 Å². The van der Waals surface area contributed by atoms with Gasteiger partial charge in [0, 0.05) is 29.5 Å². The lowest BCUT2D eigenvalue weighted by Gasteiger charge is -2.15. The molecule has 35 heavy (non-hydrogen) atoms. The molecule has 0 saturated carbocycles. The Bertz CT molecular complexity index is 1450. The number of rotatable bonds is 8. The molecule has 3 aromatic carbocycles. The minimum absolute atomic E-state index is 0.209. The molecular formula is C27H26FN3O4. The number of hydrogen-bond acceptors (Lipinski definition) is 5. The second-order valence-electron chi connectivity index (χ2n) is 8.10. The predicted octanol–water partition coefficient (Wildman–Crippen LogP) is 4.72. The molecule has 1 aromatic heterocycles. The standard InChI is InChI=1S/C27H26FN3O4/c1-17-7-8-18-12-19(15-29-21-9-10-24(34-2)25(14-21)35-3)27(33)31(23(18)11-17)16-26(32)30-22-6-4-5-20(28)13-22/h4-14,29H,15-16H2,1-3H3,(H,30,32). The second kappa shape index (κ2) is 10.3. The Balaban J connectivity index is 1.64. The number of fused-ring (bicyclic) bond motifs is 1. The highest BCUT2D eigenvalue weighted by atomic mass is 19.1. The van der Waals surface area contributed by atoms with Gasteiger partial charge in [0.25, 0.3) is 5.56 Å². The third kappa shape index (κ3) is 5.43. The minimum Gasteiger partial charge on any atom is -0.493 e. The zero-order valence-corrected chi connectivity index (χ0v) is 19.7. The molecule has 0 unspecified atom stereocenters. The van der Waals surface area contributed by atoms with Crippen molar-refractivity contribution in [1.29, 1.82) is 0 Å².